The van der Waals surface area contributed by atoms with E-state index in [2.05, 4.69) is 15.5 Å². The van der Waals surface area contributed by atoms with Crippen LogP contribution in [0.3, 0.4) is 0 Å². The molecule has 1 heterocycles. The van der Waals surface area contributed by atoms with Crippen molar-refractivity contribution in [1.82, 2.24) is 10.2 Å². The smallest absolute Gasteiger partial charge is 0.277 e. The lowest BCUT2D eigenvalue weighted by atomic mass is 10.2. The number of hydrogen-bond acceptors (Lipinski definition) is 6. The number of hydrogen-bond donors (Lipinski definition) is 1. The molecule has 0 bridgehead atoms. The van der Waals surface area contributed by atoms with Gasteiger partial charge in [-0.1, -0.05) is 48.2 Å². The maximum absolute atomic E-state index is 12.3. The lowest BCUT2D eigenvalue weighted by Gasteiger charge is -2.09. The number of rotatable bonds is 6. The van der Waals surface area contributed by atoms with Crippen molar-refractivity contribution >= 4 is 23.4 Å². The van der Waals surface area contributed by atoms with E-state index in [1.807, 2.05) is 36.4 Å². The molecule has 26 heavy (non-hydrogen) atoms. The normalized spacial score (nSPS) is 11.5. The molecular weight excluding hydrogens is 348 g/mol. The summed E-state index contributed by atoms with van der Waals surface area (Å²) >= 11 is 1.19. The molecule has 0 saturated heterocycles. The molecule has 0 radical (unpaired) electrons. The topological polar surface area (TPSA) is 91.8 Å². The van der Waals surface area contributed by atoms with E-state index >= 15 is 0 Å². The fourth-order valence-electron chi connectivity index (χ4n) is 2.24. The monoisotopic (exact) mass is 364 g/mol. The minimum Gasteiger partial charge on any atom is -0.416 e. The molecule has 1 amide bonds. The predicted molar refractivity (Wildman–Crippen MR) is 98.7 cm³/mol. The van der Waals surface area contributed by atoms with Crippen LogP contribution in [0.2, 0.25) is 0 Å². The van der Waals surface area contributed by atoms with Crippen molar-refractivity contribution in [1.29, 1.82) is 5.26 Å². The SMILES string of the molecule is C[C@@H](Sc1nnc(Cc2ccccc2)o1)C(=O)Nc1cccc(C#N)c1. The number of benzene rings is 2. The first-order valence-electron chi connectivity index (χ1n) is 7.98. The van der Waals surface area contributed by atoms with E-state index in [-0.39, 0.29) is 5.91 Å². The van der Waals surface area contributed by atoms with Crippen LogP contribution in [-0.4, -0.2) is 21.4 Å². The minimum absolute atomic E-state index is 0.201. The van der Waals surface area contributed by atoms with Gasteiger partial charge in [0.1, 0.15) is 0 Å². The Morgan fingerprint density at radius 3 is 2.81 bits per heavy atom. The van der Waals surface area contributed by atoms with Crippen LogP contribution in [0.15, 0.2) is 64.2 Å². The quantitative estimate of drug-likeness (QED) is 0.671. The van der Waals surface area contributed by atoms with Crippen molar-refractivity contribution in [2.45, 2.75) is 23.8 Å². The number of thioether (sulfide) groups is 1. The highest BCUT2D eigenvalue weighted by Crippen LogP contribution is 2.24. The molecule has 6 nitrogen and oxygen atoms in total. The molecule has 3 aromatic rings. The molecule has 130 valence electrons. The number of amides is 1. The second kappa shape index (κ2) is 8.32. The van der Waals surface area contributed by atoms with Crippen molar-refractivity contribution in [3.63, 3.8) is 0 Å². The van der Waals surface area contributed by atoms with Crippen molar-refractivity contribution < 1.29 is 9.21 Å². The Balaban J connectivity index is 1.58. The van der Waals surface area contributed by atoms with E-state index in [0.29, 0.717) is 28.8 Å². The largest absolute Gasteiger partial charge is 0.416 e. The molecule has 2 aromatic carbocycles. The minimum atomic E-state index is -0.425. The average molecular weight is 364 g/mol. The summed E-state index contributed by atoms with van der Waals surface area (Å²) < 4.78 is 5.61. The molecule has 0 fully saturated rings. The van der Waals surface area contributed by atoms with Gasteiger partial charge in [0.25, 0.3) is 5.22 Å². The third-order valence-corrected chi connectivity index (χ3v) is 4.49. The fourth-order valence-corrected chi connectivity index (χ4v) is 2.94. The van der Waals surface area contributed by atoms with Gasteiger partial charge in [0.2, 0.25) is 11.8 Å². The Labute approximate surface area is 155 Å². The third kappa shape index (κ3) is 4.71. The van der Waals surface area contributed by atoms with Gasteiger partial charge < -0.3 is 9.73 Å². The molecular formula is C19H16N4O2S. The van der Waals surface area contributed by atoms with Gasteiger partial charge in [-0.25, -0.2) is 0 Å². The summed E-state index contributed by atoms with van der Waals surface area (Å²) in [7, 11) is 0. The molecule has 0 aliphatic heterocycles. The summed E-state index contributed by atoms with van der Waals surface area (Å²) in [4.78, 5) is 12.3. The Morgan fingerprint density at radius 1 is 1.23 bits per heavy atom. The highest BCUT2D eigenvalue weighted by atomic mass is 32.2. The molecule has 7 heteroatoms. The van der Waals surface area contributed by atoms with Crippen molar-refractivity contribution in [2.24, 2.45) is 0 Å². The van der Waals surface area contributed by atoms with E-state index in [1.165, 1.54) is 11.8 Å². The van der Waals surface area contributed by atoms with Crippen LogP contribution in [0.4, 0.5) is 5.69 Å². The van der Waals surface area contributed by atoms with E-state index in [4.69, 9.17) is 9.68 Å². The second-order valence-corrected chi connectivity index (χ2v) is 6.86. The number of anilines is 1. The Hall–Kier alpha value is -3.11. The van der Waals surface area contributed by atoms with Gasteiger partial charge in [-0.05, 0) is 30.7 Å². The summed E-state index contributed by atoms with van der Waals surface area (Å²) in [6.07, 6.45) is 0.552. The number of nitrogens with zero attached hydrogens (tertiary/aromatic N) is 3. The van der Waals surface area contributed by atoms with Crippen LogP contribution in [0.1, 0.15) is 23.9 Å². The summed E-state index contributed by atoms with van der Waals surface area (Å²) in [6, 6.07) is 18.6. The maximum atomic E-state index is 12.3. The zero-order valence-corrected chi connectivity index (χ0v) is 14.9. The van der Waals surface area contributed by atoms with Crippen LogP contribution in [0.5, 0.6) is 0 Å². The van der Waals surface area contributed by atoms with E-state index in [0.717, 1.165) is 5.56 Å². The Kier molecular flexibility index (Phi) is 5.66. The van der Waals surface area contributed by atoms with Gasteiger partial charge in [-0.15, -0.1) is 10.2 Å². The fraction of sp³-hybridized carbons (Fsp3) is 0.158. The molecule has 0 aliphatic rings. The molecule has 0 aliphatic carbocycles. The maximum Gasteiger partial charge on any atom is 0.277 e. The van der Waals surface area contributed by atoms with E-state index in [1.54, 1.807) is 31.2 Å². The molecule has 0 unspecified atom stereocenters. The van der Waals surface area contributed by atoms with Crippen molar-refractivity contribution in [3.05, 3.63) is 71.6 Å². The van der Waals surface area contributed by atoms with Gasteiger partial charge in [-0.2, -0.15) is 5.26 Å². The third-order valence-electron chi connectivity index (χ3n) is 3.55. The number of nitrogens with one attached hydrogen (secondary N) is 1. The Bertz CT molecular complexity index is 934. The Morgan fingerprint density at radius 2 is 2.04 bits per heavy atom. The highest BCUT2D eigenvalue weighted by Gasteiger charge is 2.18. The summed E-state index contributed by atoms with van der Waals surface area (Å²) in [6.45, 7) is 1.76. The van der Waals surface area contributed by atoms with Gasteiger partial charge in [0, 0.05) is 5.69 Å². The summed E-state index contributed by atoms with van der Waals surface area (Å²) in [5.41, 5.74) is 2.15. The molecule has 1 N–H and O–H groups in total. The molecule has 0 saturated carbocycles. The zero-order valence-electron chi connectivity index (χ0n) is 14.0. The predicted octanol–water partition coefficient (Wildman–Crippen LogP) is 3.65. The van der Waals surface area contributed by atoms with Gasteiger partial charge in [0.15, 0.2) is 0 Å². The number of nitriles is 1. The molecule has 3 rings (SSSR count). The van der Waals surface area contributed by atoms with Gasteiger partial charge in [-0.3, -0.25) is 4.79 Å². The molecule has 1 atom stereocenters. The van der Waals surface area contributed by atoms with Gasteiger partial charge in [0.05, 0.1) is 23.3 Å². The standard InChI is InChI=1S/C19H16N4O2S/c1-13(18(24)21-16-9-5-8-15(10-16)12-20)26-19-23-22-17(25-19)11-14-6-3-2-4-7-14/h2-10,13H,11H2,1H3,(H,21,24)/t13-/m1/s1. The van der Waals surface area contributed by atoms with Crippen LogP contribution in [0.25, 0.3) is 0 Å². The zero-order chi connectivity index (χ0) is 18.4. The second-order valence-electron chi connectivity index (χ2n) is 5.57. The van der Waals surface area contributed by atoms with Gasteiger partial charge >= 0.3 is 0 Å². The van der Waals surface area contributed by atoms with Crippen LogP contribution < -0.4 is 5.32 Å². The van der Waals surface area contributed by atoms with Crippen LogP contribution >= 0.6 is 11.8 Å². The summed E-state index contributed by atoms with van der Waals surface area (Å²) in [5.74, 6) is 0.306. The highest BCUT2D eigenvalue weighted by molar-refractivity contribution is 8.00. The lowest BCUT2D eigenvalue weighted by Crippen LogP contribution is -2.22. The first-order chi connectivity index (χ1) is 12.6. The lowest BCUT2D eigenvalue weighted by molar-refractivity contribution is -0.115. The number of carbonyl (C=O) groups is 1. The summed E-state index contributed by atoms with van der Waals surface area (Å²) in [5, 5.41) is 19.6. The number of carbonyl (C=O) groups excluding carboxylic acids is 1. The van der Waals surface area contributed by atoms with E-state index < -0.39 is 5.25 Å². The first-order valence-corrected chi connectivity index (χ1v) is 8.86. The first kappa shape index (κ1) is 17.7. The average Bonchev–Trinajstić information content (AvgIpc) is 3.09. The molecule has 0 spiro atoms. The molecule has 1 aromatic heterocycles. The van der Waals surface area contributed by atoms with Crippen LogP contribution in [0, 0.1) is 11.3 Å². The van der Waals surface area contributed by atoms with Crippen molar-refractivity contribution in [2.75, 3.05) is 5.32 Å². The number of aromatic nitrogens is 2. The van der Waals surface area contributed by atoms with Crippen LogP contribution in [-0.2, 0) is 11.2 Å². The van der Waals surface area contributed by atoms with Crippen molar-refractivity contribution in [3.8, 4) is 6.07 Å². The van der Waals surface area contributed by atoms with E-state index in [9.17, 15) is 4.79 Å².